The van der Waals surface area contributed by atoms with Crippen molar-refractivity contribution in [2.75, 3.05) is 21.3 Å². The zero-order valence-corrected chi connectivity index (χ0v) is 14.5. The van der Waals surface area contributed by atoms with Crippen LogP contribution in [0.3, 0.4) is 0 Å². The van der Waals surface area contributed by atoms with E-state index in [9.17, 15) is 9.59 Å². The lowest BCUT2D eigenvalue weighted by Crippen LogP contribution is -2.53. The van der Waals surface area contributed by atoms with Crippen LogP contribution in [0.2, 0.25) is 0 Å². The molecule has 3 rings (SSSR count). The molecular formula is C18H21N3O4. The lowest BCUT2D eigenvalue weighted by molar-refractivity contribution is -0.126. The third-order valence-electron chi connectivity index (χ3n) is 4.39. The zero-order valence-electron chi connectivity index (χ0n) is 14.5. The number of amides is 2. The molecule has 7 nitrogen and oxygen atoms in total. The van der Waals surface area contributed by atoms with Gasteiger partial charge in [0.25, 0.3) is 5.91 Å². The van der Waals surface area contributed by atoms with Gasteiger partial charge in [-0.25, -0.2) is 0 Å². The summed E-state index contributed by atoms with van der Waals surface area (Å²) in [5.74, 6) is 0.965. The lowest BCUT2D eigenvalue weighted by atomic mass is 10.1. The van der Waals surface area contributed by atoms with Gasteiger partial charge in [0.2, 0.25) is 5.91 Å². The Morgan fingerprint density at radius 2 is 1.92 bits per heavy atom. The molecule has 132 valence electrons. The number of hydrogen-bond acceptors (Lipinski definition) is 4. The minimum Gasteiger partial charge on any atom is -0.497 e. The summed E-state index contributed by atoms with van der Waals surface area (Å²) in [6.45, 7) is 0.765. The monoisotopic (exact) mass is 343 g/mol. The highest BCUT2D eigenvalue weighted by molar-refractivity contribution is 5.97. The van der Waals surface area contributed by atoms with E-state index in [2.05, 4.69) is 5.32 Å². The molecule has 1 aromatic heterocycles. The van der Waals surface area contributed by atoms with Crippen LogP contribution in [0.1, 0.15) is 16.1 Å². The second-order valence-corrected chi connectivity index (χ2v) is 5.92. The molecular weight excluding hydrogens is 322 g/mol. The molecule has 1 aliphatic rings. The van der Waals surface area contributed by atoms with Crippen LogP contribution < -0.4 is 14.8 Å². The Morgan fingerprint density at radius 3 is 2.56 bits per heavy atom. The van der Waals surface area contributed by atoms with Gasteiger partial charge in [-0.05, 0) is 29.8 Å². The highest BCUT2D eigenvalue weighted by Crippen LogP contribution is 2.22. The van der Waals surface area contributed by atoms with Crippen LogP contribution >= 0.6 is 0 Å². The van der Waals surface area contributed by atoms with E-state index in [-0.39, 0.29) is 11.8 Å². The minimum atomic E-state index is -0.542. The zero-order chi connectivity index (χ0) is 18.0. The summed E-state index contributed by atoms with van der Waals surface area (Å²) in [7, 11) is 4.81. The first kappa shape index (κ1) is 16.9. The molecule has 2 aromatic rings. The van der Waals surface area contributed by atoms with E-state index < -0.39 is 6.04 Å². The Kier molecular flexibility index (Phi) is 4.65. The number of carbonyl (C=O) groups excluding carboxylic acids is 2. The van der Waals surface area contributed by atoms with Crippen LogP contribution in [0, 0.1) is 0 Å². The summed E-state index contributed by atoms with van der Waals surface area (Å²) >= 11 is 0. The number of rotatable bonds is 5. The van der Waals surface area contributed by atoms with E-state index in [1.165, 1.54) is 4.90 Å². The van der Waals surface area contributed by atoms with E-state index in [0.717, 1.165) is 5.56 Å². The van der Waals surface area contributed by atoms with Crippen molar-refractivity contribution in [3.63, 3.8) is 0 Å². The number of methoxy groups -OCH3 is 2. The molecule has 0 bridgehead atoms. The molecule has 1 N–H and O–H groups in total. The number of benzene rings is 1. The second kappa shape index (κ2) is 6.88. The molecule has 2 amide bonds. The predicted molar refractivity (Wildman–Crippen MR) is 91.7 cm³/mol. The molecule has 1 unspecified atom stereocenters. The van der Waals surface area contributed by atoms with Gasteiger partial charge in [-0.2, -0.15) is 0 Å². The summed E-state index contributed by atoms with van der Waals surface area (Å²) in [5.41, 5.74) is 1.46. The van der Waals surface area contributed by atoms with Gasteiger partial charge in [0.05, 0.1) is 20.8 Å². The van der Waals surface area contributed by atoms with Crippen molar-refractivity contribution in [3.05, 3.63) is 47.8 Å². The molecule has 2 heterocycles. The first-order valence-electron chi connectivity index (χ1n) is 7.95. The molecule has 1 aliphatic heterocycles. The molecule has 0 spiro atoms. The largest absolute Gasteiger partial charge is 0.497 e. The Morgan fingerprint density at radius 1 is 1.24 bits per heavy atom. The number of hydrogen-bond donors (Lipinski definition) is 1. The standard InChI is InChI=1S/C18H21N3O4/c1-20-16(11-21-6-4-5-15(21)18(20)23)17(22)19-10-12-7-13(24-2)9-14(8-12)25-3/h4-9,16H,10-11H2,1-3H3,(H,19,22). The van der Waals surface area contributed by atoms with Crippen LogP contribution in [0.25, 0.3) is 0 Å². The van der Waals surface area contributed by atoms with Crippen LogP contribution in [0.15, 0.2) is 36.5 Å². The van der Waals surface area contributed by atoms with Gasteiger partial charge in [-0.1, -0.05) is 0 Å². The number of ether oxygens (including phenoxy) is 2. The Hall–Kier alpha value is -2.96. The Balaban J connectivity index is 1.70. The first-order chi connectivity index (χ1) is 12.0. The number of likely N-dealkylation sites (N-methyl/N-ethyl adjacent to an activating group) is 1. The predicted octanol–water partition coefficient (Wildman–Crippen LogP) is 1.28. The average molecular weight is 343 g/mol. The molecule has 0 radical (unpaired) electrons. The van der Waals surface area contributed by atoms with Gasteiger partial charge in [0.1, 0.15) is 23.2 Å². The van der Waals surface area contributed by atoms with Crippen molar-refractivity contribution >= 4 is 11.8 Å². The highest BCUT2D eigenvalue weighted by atomic mass is 16.5. The van der Waals surface area contributed by atoms with Crippen molar-refractivity contribution in [1.29, 1.82) is 0 Å². The quantitative estimate of drug-likeness (QED) is 0.888. The fourth-order valence-corrected chi connectivity index (χ4v) is 2.93. The number of carbonyl (C=O) groups is 2. The molecule has 0 aliphatic carbocycles. The van der Waals surface area contributed by atoms with E-state index in [1.54, 1.807) is 38.0 Å². The van der Waals surface area contributed by atoms with Crippen LogP contribution in [0.5, 0.6) is 11.5 Å². The maximum Gasteiger partial charge on any atom is 0.270 e. The van der Waals surface area contributed by atoms with Crippen molar-refractivity contribution in [3.8, 4) is 11.5 Å². The highest BCUT2D eigenvalue weighted by Gasteiger charge is 2.33. The SMILES string of the molecule is COc1cc(CNC(=O)C2Cn3cccc3C(=O)N2C)cc(OC)c1. The fraction of sp³-hybridized carbons (Fsp3) is 0.333. The Labute approximate surface area is 146 Å². The van der Waals surface area contributed by atoms with Gasteiger partial charge in [0.15, 0.2) is 0 Å². The number of nitrogens with one attached hydrogen (secondary N) is 1. The van der Waals surface area contributed by atoms with Gasteiger partial charge < -0.3 is 24.3 Å². The van der Waals surface area contributed by atoms with Crippen LogP contribution in [-0.4, -0.2) is 48.6 Å². The van der Waals surface area contributed by atoms with E-state index in [4.69, 9.17) is 9.47 Å². The second-order valence-electron chi connectivity index (χ2n) is 5.92. The van der Waals surface area contributed by atoms with E-state index in [1.807, 2.05) is 24.4 Å². The van der Waals surface area contributed by atoms with Crippen molar-refractivity contribution in [1.82, 2.24) is 14.8 Å². The van der Waals surface area contributed by atoms with E-state index >= 15 is 0 Å². The van der Waals surface area contributed by atoms with E-state index in [0.29, 0.717) is 30.3 Å². The van der Waals surface area contributed by atoms with Crippen LogP contribution in [-0.2, 0) is 17.9 Å². The van der Waals surface area contributed by atoms with Gasteiger partial charge in [0, 0.05) is 25.9 Å². The normalized spacial score (nSPS) is 16.4. The maximum atomic E-state index is 12.6. The topological polar surface area (TPSA) is 72.8 Å². The smallest absolute Gasteiger partial charge is 0.270 e. The third kappa shape index (κ3) is 3.31. The Bertz CT molecular complexity index is 777. The number of fused-ring (bicyclic) bond motifs is 1. The summed E-state index contributed by atoms with van der Waals surface area (Å²) < 4.78 is 12.3. The number of nitrogens with zero attached hydrogens (tertiary/aromatic N) is 2. The number of aromatic nitrogens is 1. The fourth-order valence-electron chi connectivity index (χ4n) is 2.93. The average Bonchev–Trinajstić information content (AvgIpc) is 3.11. The molecule has 7 heteroatoms. The molecule has 0 saturated carbocycles. The minimum absolute atomic E-state index is 0.153. The van der Waals surface area contributed by atoms with Crippen molar-refractivity contribution in [2.45, 2.75) is 19.1 Å². The van der Waals surface area contributed by atoms with Gasteiger partial charge in [-0.3, -0.25) is 9.59 Å². The van der Waals surface area contributed by atoms with Gasteiger partial charge in [-0.15, -0.1) is 0 Å². The van der Waals surface area contributed by atoms with Crippen molar-refractivity contribution < 1.29 is 19.1 Å². The summed E-state index contributed by atoms with van der Waals surface area (Å²) in [4.78, 5) is 26.4. The van der Waals surface area contributed by atoms with Gasteiger partial charge >= 0.3 is 0 Å². The molecule has 0 fully saturated rings. The molecule has 25 heavy (non-hydrogen) atoms. The lowest BCUT2D eigenvalue weighted by Gasteiger charge is -2.32. The first-order valence-corrected chi connectivity index (χ1v) is 7.95. The summed E-state index contributed by atoms with van der Waals surface area (Å²) in [6.07, 6.45) is 1.81. The molecule has 1 atom stereocenters. The molecule has 0 saturated heterocycles. The summed E-state index contributed by atoms with van der Waals surface area (Å²) in [5, 5.41) is 2.89. The molecule has 1 aromatic carbocycles. The van der Waals surface area contributed by atoms with Crippen molar-refractivity contribution in [2.24, 2.45) is 0 Å². The summed E-state index contributed by atoms with van der Waals surface area (Å²) in [6, 6.07) is 8.47. The third-order valence-corrected chi connectivity index (χ3v) is 4.39. The maximum absolute atomic E-state index is 12.6. The van der Waals surface area contributed by atoms with Crippen LogP contribution in [0.4, 0.5) is 0 Å².